The molecule has 2 amide bonds. The number of urea groups is 1. The number of ether oxygens (including phenoxy) is 1. The molecule has 1 N–H and O–H groups in total. The Morgan fingerprint density at radius 3 is 2.26 bits per heavy atom. The molecule has 2 aromatic carbocycles. The highest BCUT2D eigenvalue weighted by Gasteiger charge is 2.36. The van der Waals surface area contributed by atoms with Crippen LogP contribution in [0.4, 0.5) is 29.3 Å². The van der Waals surface area contributed by atoms with Gasteiger partial charge in [0.15, 0.2) is 0 Å². The van der Waals surface area contributed by atoms with Crippen LogP contribution in [0.15, 0.2) is 48.5 Å². The summed E-state index contributed by atoms with van der Waals surface area (Å²) in [6.45, 7) is 4.49. The summed E-state index contributed by atoms with van der Waals surface area (Å²) in [5.74, 6) is -0.223. The monoisotopic (exact) mass is 454 g/mol. The molecule has 0 aliphatic carbocycles. The second-order valence-corrected chi connectivity index (χ2v) is 7.94. The van der Waals surface area contributed by atoms with Crippen LogP contribution in [0, 0.1) is 0 Å². The van der Waals surface area contributed by atoms with Crippen LogP contribution < -0.4 is 15.0 Å². The number of nitrogens with one attached hydrogen (secondary N) is 1. The fourth-order valence-corrected chi connectivity index (χ4v) is 4.00. The van der Waals surface area contributed by atoms with Crippen LogP contribution in [0.5, 0.6) is 5.75 Å². The van der Waals surface area contributed by atoms with Crippen LogP contribution in [-0.2, 0) is 0 Å². The quantitative estimate of drug-likeness (QED) is 0.749. The van der Waals surface area contributed by atoms with Crippen molar-refractivity contribution in [2.24, 2.45) is 0 Å². The normalized spacial score (nSPS) is 17.9. The van der Waals surface area contributed by atoms with Gasteiger partial charge in [0.1, 0.15) is 5.75 Å². The molecule has 4 rings (SSSR count). The van der Waals surface area contributed by atoms with Gasteiger partial charge in [-0.3, -0.25) is 4.90 Å². The molecule has 2 fully saturated rings. The molecule has 0 radical (unpaired) electrons. The summed E-state index contributed by atoms with van der Waals surface area (Å²) < 4.78 is 40.8. The van der Waals surface area contributed by atoms with Crippen LogP contribution in [-0.4, -0.2) is 67.5 Å². The number of hydrogen-bond donors (Lipinski definition) is 1. The summed E-state index contributed by atoms with van der Waals surface area (Å²) in [7, 11) is 0. The molecule has 2 aromatic rings. The van der Waals surface area contributed by atoms with Gasteiger partial charge in [-0.05, 0) is 36.4 Å². The van der Waals surface area contributed by atoms with Gasteiger partial charge in [-0.25, -0.2) is 4.79 Å². The molecule has 0 atom stereocenters. The highest BCUT2D eigenvalue weighted by molar-refractivity contribution is 6.33. The van der Waals surface area contributed by atoms with Crippen LogP contribution in [0.1, 0.15) is 0 Å². The van der Waals surface area contributed by atoms with Crippen molar-refractivity contribution < 1.29 is 22.7 Å². The van der Waals surface area contributed by atoms with E-state index in [4.69, 9.17) is 11.6 Å². The lowest BCUT2D eigenvalue weighted by Crippen LogP contribution is -2.64. The molecule has 0 spiro atoms. The number of amides is 2. The van der Waals surface area contributed by atoms with E-state index in [9.17, 15) is 18.0 Å². The number of likely N-dealkylation sites (tertiary alicyclic amines) is 1. The van der Waals surface area contributed by atoms with Crippen molar-refractivity contribution in [3.8, 4) is 5.75 Å². The third kappa shape index (κ3) is 5.34. The van der Waals surface area contributed by atoms with E-state index in [1.165, 1.54) is 12.1 Å². The summed E-state index contributed by atoms with van der Waals surface area (Å²) >= 11 is 6.08. The van der Waals surface area contributed by atoms with Gasteiger partial charge in [-0.1, -0.05) is 23.7 Å². The zero-order valence-electron chi connectivity index (χ0n) is 16.6. The standard InChI is InChI=1S/C21H22ClF3N4O2/c22-18-3-1-2-4-19(18)26-20(30)29-13-16(14-29)28-11-9-27(10-12-28)15-5-7-17(8-6-15)31-21(23,24)25/h1-8,16H,9-14H2,(H,26,30). The maximum Gasteiger partial charge on any atom is 0.573 e. The average Bonchev–Trinajstić information content (AvgIpc) is 2.69. The Labute approximate surface area is 183 Å². The first-order chi connectivity index (χ1) is 14.8. The zero-order chi connectivity index (χ0) is 22.0. The van der Waals surface area contributed by atoms with Gasteiger partial charge in [0.25, 0.3) is 0 Å². The van der Waals surface area contributed by atoms with Crippen molar-refractivity contribution >= 4 is 29.0 Å². The van der Waals surface area contributed by atoms with Gasteiger partial charge >= 0.3 is 12.4 Å². The molecule has 31 heavy (non-hydrogen) atoms. The smallest absolute Gasteiger partial charge is 0.406 e. The summed E-state index contributed by atoms with van der Waals surface area (Å²) in [6, 6.07) is 13.2. The first-order valence-corrected chi connectivity index (χ1v) is 10.3. The molecule has 2 heterocycles. The highest BCUT2D eigenvalue weighted by atomic mass is 35.5. The predicted octanol–water partition coefficient (Wildman–Crippen LogP) is 4.28. The number of rotatable bonds is 4. The summed E-state index contributed by atoms with van der Waals surface area (Å²) in [5.41, 5.74) is 1.46. The Morgan fingerprint density at radius 2 is 1.65 bits per heavy atom. The zero-order valence-corrected chi connectivity index (χ0v) is 17.4. The highest BCUT2D eigenvalue weighted by Crippen LogP contribution is 2.27. The van der Waals surface area contributed by atoms with Crippen molar-refractivity contribution in [3.05, 3.63) is 53.6 Å². The van der Waals surface area contributed by atoms with E-state index >= 15 is 0 Å². The maximum absolute atomic E-state index is 12.4. The molecule has 6 nitrogen and oxygen atoms in total. The van der Waals surface area contributed by atoms with Crippen LogP contribution in [0.2, 0.25) is 5.02 Å². The molecule has 2 aliphatic heterocycles. The van der Waals surface area contributed by atoms with Gasteiger partial charge in [0.05, 0.1) is 10.7 Å². The van der Waals surface area contributed by atoms with E-state index < -0.39 is 6.36 Å². The molecule has 166 valence electrons. The number of alkyl halides is 3. The third-order valence-corrected chi connectivity index (χ3v) is 5.86. The van der Waals surface area contributed by atoms with Crippen molar-refractivity contribution in [1.29, 1.82) is 0 Å². The lowest BCUT2D eigenvalue weighted by atomic mass is 10.1. The molecule has 0 saturated carbocycles. The lowest BCUT2D eigenvalue weighted by Gasteiger charge is -2.48. The predicted molar refractivity (Wildman–Crippen MR) is 113 cm³/mol. The van der Waals surface area contributed by atoms with Gasteiger partial charge in [0, 0.05) is 51.0 Å². The largest absolute Gasteiger partial charge is 0.573 e. The SMILES string of the molecule is O=C(Nc1ccccc1Cl)N1CC(N2CCN(c3ccc(OC(F)(F)F)cc3)CC2)C1. The minimum atomic E-state index is -4.69. The second kappa shape index (κ2) is 8.84. The number of anilines is 2. The number of nitrogens with zero attached hydrogens (tertiary/aromatic N) is 3. The topological polar surface area (TPSA) is 48.1 Å². The van der Waals surface area contributed by atoms with Crippen molar-refractivity contribution in [2.45, 2.75) is 12.4 Å². The molecule has 10 heteroatoms. The Bertz CT molecular complexity index is 912. The minimum Gasteiger partial charge on any atom is -0.406 e. The molecular formula is C21H22ClF3N4O2. The first kappa shape index (κ1) is 21.6. The lowest BCUT2D eigenvalue weighted by molar-refractivity contribution is -0.274. The molecular weight excluding hydrogens is 433 g/mol. The summed E-state index contributed by atoms with van der Waals surface area (Å²) in [4.78, 5) is 18.6. The van der Waals surface area contributed by atoms with Crippen molar-refractivity contribution in [3.63, 3.8) is 0 Å². The van der Waals surface area contributed by atoms with Gasteiger partial charge in [0.2, 0.25) is 0 Å². The number of hydrogen-bond acceptors (Lipinski definition) is 4. The first-order valence-electron chi connectivity index (χ1n) is 9.94. The maximum atomic E-state index is 12.4. The van der Waals surface area contributed by atoms with Gasteiger partial charge in [-0.2, -0.15) is 0 Å². The Morgan fingerprint density at radius 1 is 1.00 bits per heavy atom. The Kier molecular flexibility index (Phi) is 6.15. The second-order valence-electron chi connectivity index (χ2n) is 7.53. The van der Waals surface area contributed by atoms with Crippen molar-refractivity contribution in [1.82, 2.24) is 9.80 Å². The number of carbonyl (C=O) groups is 1. The third-order valence-electron chi connectivity index (χ3n) is 5.53. The summed E-state index contributed by atoms with van der Waals surface area (Å²) in [6.07, 6.45) is -4.69. The van der Waals surface area contributed by atoms with Crippen LogP contribution >= 0.6 is 11.6 Å². The van der Waals surface area contributed by atoms with E-state index in [0.717, 1.165) is 31.9 Å². The fraction of sp³-hybridized carbons (Fsp3) is 0.381. The summed E-state index contributed by atoms with van der Waals surface area (Å²) in [5, 5.41) is 3.33. The van der Waals surface area contributed by atoms with Crippen LogP contribution in [0.25, 0.3) is 0 Å². The average molecular weight is 455 g/mol. The molecule has 2 saturated heterocycles. The van der Waals surface area contributed by atoms with E-state index in [-0.39, 0.29) is 11.8 Å². The van der Waals surface area contributed by atoms with Crippen LogP contribution in [0.3, 0.4) is 0 Å². The molecule has 0 aromatic heterocycles. The molecule has 2 aliphatic rings. The van der Waals surface area contributed by atoms with E-state index in [1.807, 2.05) is 12.1 Å². The number of para-hydroxylation sites is 1. The minimum absolute atomic E-state index is 0.163. The van der Waals surface area contributed by atoms with Gasteiger partial charge in [-0.15, -0.1) is 13.2 Å². The number of piperazine rings is 1. The van der Waals surface area contributed by atoms with E-state index in [2.05, 4.69) is 19.9 Å². The number of benzene rings is 2. The fourth-order valence-electron chi connectivity index (χ4n) is 3.81. The molecule has 0 bridgehead atoms. The van der Waals surface area contributed by atoms with E-state index in [1.54, 1.807) is 29.2 Å². The Balaban J connectivity index is 1.22. The Hall–Kier alpha value is -2.65. The number of halogens is 4. The van der Waals surface area contributed by atoms with Crippen molar-refractivity contribution in [2.75, 3.05) is 49.5 Å². The number of carbonyl (C=O) groups excluding carboxylic acids is 1. The molecule has 0 unspecified atom stereocenters. The van der Waals surface area contributed by atoms with E-state index in [0.29, 0.717) is 29.8 Å². The van der Waals surface area contributed by atoms with Gasteiger partial charge < -0.3 is 19.9 Å².